The summed E-state index contributed by atoms with van der Waals surface area (Å²) in [6.45, 7) is 6.60. The Bertz CT molecular complexity index is 954. The van der Waals surface area contributed by atoms with Crippen LogP contribution in [-0.4, -0.2) is 37.1 Å². The van der Waals surface area contributed by atoms with Gasteiger partial charge in [0.05, 0.1) is 5.69 Å². The molecule has 1 N–H and O–H groups in total. The summed E-state index contributed by atoms with van der Waals surface area (Å²) in [4.78, 5) is 16.7. The van der Waals surface area contributed by atoms with Crippen molar-refractivity contribution in [2.24, 2.45) is 0 Å². The van der Waals surface area contributed by atoms with Crippen LogP contribution in [0, 0.1) is 17.5 Å². The van der Waals surface area contributed by atoms with Crippen LogP contribution >= 0.6 is 0 Å². The first-order valence-corrected chi connectivity index (χ1v) is 9.59. The van der Waals surface area contributed by atoms with Crippen molar-refractivity contribution in [3.05, 3.63) is 72.1 Å². The molecule has 29 heavy (non-hydrogen) atoms. The lowest BCUT2D eigenvalue weighted by Gasteiger charge is -2.39. The molecule has 152 valence electrons. The van der Waals surface area contributed by atoms with Gasteiger partial charge in [-0.1, -0.05) is 6.08 Å². The van der Waals surface area contributed by atoms with E-state index in [-0.39, 0.29) is 16.9 Å². The molecule has 2 aromatic rings. The van der Waals surface area contributed by atoms with Crippen molar-refractivity contribution in [1.29, 1.82) is 0 Å². The Hall–Kier alpha value is -2.80. The lowest BCUT2D eigenvalue weighted by atomic mass is 9.74. The summed E-state index contributed by atoms with van der Waals surface area (Å²) in [5.74, 6) is -1.90. The van der Waals surface area contributed by atoms with E-state index in [0.717, 1.165) is 50.2 Å². The first-order chi connectivity index (χ1) is 13.9. The Morgan fingerprint density at radius 3 is 2.48 bits per heavy atom. The van der Waals surface area contributed by atoms with Crippen molar-refractivity contribution in [2.45, 2.75) is 18.3 Å². The molecule has 2 aliphatic heterocycles. The fraction of sp³-hybridized carbons (Fsp3) is 0.318. The molecule has 4 rings (SSSR count). The standard InChI is InChI=1S/C22H22F3N3O/c1-2-9-27-10-7-22(8-11-27)14-28(20-6-4-15(23)12-17(20)22)21(29)26-19-5-3-16(24)13-18(19)25/h2-6,12-13H,1,7-11,14H2,(H,26,29). The van der Waals surface area contributed by atoms with E-state index in [4.69, 9.17) is 0 Å². The van der Waals surface area contributed by atoms with Crippen molar-refractivity contribution in [1.82, 2.24) is 4.90 Å². The number of carbonyl (C=O) groups excluding carboxylic acids is 1. The third-order valence-electron chi connectivity index (χ3n) is 5.90. The number of benzene rings is 2. The highest BCUT2D eigenvalue weighted by Crippen LogP contribution is 2.47. The molecule has 1 spiro atoms. The molecule has 0 unspecified atom stereocenters. The molecule has 4 nitrogen and oxygen atoms in total. The smallest absolute Gasteiger partial charge is 0.305 e. The summed E-state index contributed by atoms with van der Waals surface area (Å²) >= 11 is 0. The number of fused-ring (bicyclic) bond motifs is 2. The van der Waals surface area contributed by atoms with Crippen molar-refractivity contribution < 1.29 is 18.0 Å². The van der Waals surface area contributed by atoms with Crippen molar-refractivity contribution in [3.8, 4) is 0 Å². The number of nitrogens with one attached hydrogen (secondary N) is 1. The predicted octanol–water partition coefficient (Wildman–Crippen LogP) is 4.68. The van der Waals surface area contributed by atoms with E-state index < -0.39 is 17.7 Å². The van der Waals surface area contributed by atoms with Crippen LogP contribution in [0.2, 0.25) is 0 Å². The predicted molar refractivity (Wildman–Crippen MR) is 107 cm³/mol. The number of halogens is 3. The van der Waals surface area contributed by atoms with Crippen LogP contribution in [0.25, 0.3) is 0 Å². The molecule has 0 saturated carbocycles. The number of hydrogen-bond acceptors (Lipinski definition) is 2. The van der Waals surface area contributed by atoms with E-state index >= 15 is 0 Å². The van der Waals surface area contributed by atoms with E-state index in [1.807, 2.05) is 6.08 Å². The number of likely N-dealkylation sites (tertiary alicyclic amines) is 1. The number of urea groups is 1. The minimum atomic E-state index is -0.843. The van der Waals surface area contributed by atoms with Crippen LogP contribution in [0.4, 0.5) is 29.3 Å². The minimum Gasteiger partial charge on any atom is -0.305 e. The van der Waals surface area contributed by atoms with Crippen LogP contribution in [0.1, 0.15) is 18.4 Å². The van der Waals surface area contributed by atoms with Crippen LogP contribution < -0.4 is 10.2 Å². The fourth-order valence-corrected chi connectivity index (χ4v) is 4.37. The molecule has 7 heteroatoms. The molecular formula is C22H22F3N3O. The minimum absolute atomic E-state index is 0.0955. The Morgan fingerprint density at radius 2 is 1.79 bits per heavy atom. The van der Waals surface area contributed by atoms with Crippen LogP contribution in [0.15, 0.2) is 49.1 Å². The van der Waals surface area contributed by atoms with Gasteiger partial charge in [0.15, 0.2) is 0 Å². The summed E-state index contributed by atoms with van der Waals surface area (Å²) in [6.07, 6.45) is 3.43. The maximum Gasteiger partial charge on any atom is 0.326 e. The van der Waals surface area contributed by atoms with Crippen molar-refractivity contribution in [2.75, 3.05) is 36.4 Å². The monoisotopic (exact) mass is 401 g/mol. The topological polar surface area (TPSA) is 35.6 Å². The molecule has 2 heterocycles. The summed E-state index contributed by atoms with van der Waals surface area (Å²) < 4.78 is 41.1. The molecule has 0 radical (unpaired) electrons. The van der Waals surface area contributed by atoms with Gasteiger partial charge < -0.3 is 5.32 Å². The van der Waals surface area contributed by atoms with E-state index in [1.54, 1.807) is 6.07 Å². The lowest BCUT2D eigenvalue weighted by molar-refractivity contribution is 0.180. The molecule has 0 bridgehead atoms. The Balaban J connectivity index is 1.61. The van der Waals surface area contributed by atoms with Crippen LogP contribution in [0.5, 0.6) is 0 Å². The third-order valence-corrected chi connectivity index (χ3v) is 5.90. The van der Waals surface area contributed by atoms with Gasteiger partial charge in [0, 0.05) is 30.3 Å². The quantitative estimate of drug-likeness (QED) is 0.759. The molecule has 2 amide bonds. The summed E-state index contributed by atoms with van der Waals surface area (Å²) in [7, 11) is 0. The van der Waals surface area contributed by atoms with Gasteiger partial charge in [-0.05, 0) is 61.8 Å². The molecule has 1 fully saturated rings. The zero-order valence-electron chi connectivity index (χ0n) is 15.9. The zero-order valence-corrected chi connectivity index (χ0v) is 15.9. The molecule has 2 aromatic carbocycles. The zero-order chi connectivity index (χ0) is 20.6. The number of nitrogens with zero attached hydrogens (tertiary/aromatic N) is 2. The van der Waals surface area contributed by atoms with Crippen LogP contribution in [-0.2, 0) is 5.41 Å². The highest BCUT2D eigenvalue weighted by molar-refractivity contribution is 6.03. The van der Waals surface area contributed by atoms with Crippen molar-refractivity contribution >= 4 is 17.4 Å². The van der Waals surface area contributed by atoms with Gasteiger partial charge in [-0.2, -0.15) is 0 Å². The van der Waals surface area contributed by atoms with Gasteiger partial charge in [-0.3, -0.25) is 9.80 Å². The number of hydrogen-bond donors (Lipinski definition) is 1. The average molecular weight is 401 g/mol. The van der Waals surface area contributed by atoms with E-state index in [9.17, 15) is 18.0 Å². The van der Waals surface area contributed by atoms with E-state index in [1.165, 1.54) is 23.1 Å². The maximum absolute atomic E-state index is 14.0. The second-order valence-electron chi connectivity index (χ2n) is 7.67. The van der Waals surface area contributed by atoms with E-state index in [0.29, 0.717) is 12.2 Å². The highest BCUT2D eigenvalue weighted by atomic mass is 19.1. The summed E-state index contributed by atoms with van der Waals surface area (Å²) in [5, 5.41) is 2.51. The molecule has 0 aromatic heterocycles. The van der Waals surface area contributed by atoms with E-state index in [2.05, 4.69) is 16.8 Å². The number of rotatable bonds is 3. The van der Waals surface area contributed by atoms with Crippen LogP contribution in [0.3, 0.4) is 0 Å². The normalized spacial score (nSPS) is 18.0. The molecule has 2 aliphatic rings. The second-order valence-corrected chi connectivity index (χ2v) is 7.67. The largest absolute Gasteiger partial charge is 0.326 e. The van der Waals surface area contributed by atoms with Gasteiger partial charge in [0.25, 0.3) is 0 Å². The number of amides is 2. The lowest BCUT2D eigenvalue weighted by Crippen LogP contribution is -2.46. The number of anilines is 2. The van der Waals surface area contributed by atoms with Gasteiger partial charge in [0.1, 0.15) is 17.5 Å². The summed E-state index contributed by atoms with van der Waals surface area (Å²) in [6, 6.07) is 6.90. The van der Waals surface area contributed by atoms with Gasteiger partial charge in [-0.15, -0.1) is 6.58 Å². The van der Waals surface area contributed by atoms with Crippen molar-refractivity contribution in [3.63, 3.8) is 0 Å². The summed E-state index contributed by atoms with van der Waals surface area (Å²) in [5.41, 5.74) is 1.00. The molecule has 1 saturated heterocycles. The molecular weight excluding hydrogens is 379 g/mol. The Labute approximate surface area is 167 Å². The Kier molecular flexibility index (Phi) is 5.08. The third kappa shape index (κ3) is 3.62. The Morgan fingerprint density at radius 1 is 1.10 bits per heavy atom. The van der Waals surface area contributed by atoms with Gasteiger partial charge >= 0.3 is 6.03 Å². The number of carbonyl (C=O) groups is 1. The van der Waals surface area contributed by atoms with Gasteiger partial charge in [0.2, 0.25) is 0 Å². The fourth-order valence-electron chi connectivity index (χ4n) is 4.37. The molecule has 0 atom stereocenters. The second kappa shape index (κ2) is 7.55. The first-order valence-electron chi connectivity index (χ1n) is 9.59. The number of piperidine rings is 1. The maximum atomic E-state index is 14.0. The van der Waals surface area contributed by atoms with Gasteiger partial charge in [-0.25, -0.2) is 18.0 Å². The SMILES string of the molecule is C=CCN1CCC2(CC1)CN(C(=O)Nc1ccc(F)cc1F)c1ccc(F)cc12. The molecule has 0 aliphatic carbocycles. The first kappa shape index (κ1) is 19.5. The highest BCUT2D eigenvalue weighted by Gasteiger charge is 2.46. The average Bonchev–Trinajstić information content (AvgIpc) is 3.00.